The van der Waals surface area contributed by atoms with Crippen molar-refractivity contribution in [1.82, 2.24) is 4.90 Å². The van der Waals surface area contributed by atoms with E-state index in [2.05, 4.69) is 20.7 Å². The summed E-state index contributed by atoms with van der Waals surface area (Å²) in [5.74, 6) is -0.956. The van der Waals surface area contributed by atoms with Crippen LogP contribution in [0.3, 0.4) is 0 Å². The summed E-state index contributed by atoms with van der Waals surface area (Å²) >= 11 is 3.02. The molecule has 1 N–H and O–H groups in total. The smallest absolute Gasteiger partial charge is 0.409 e. The number of halogens is 1. The molecule has 0 aromatic rings. The molecular weight excluding hydrogens is 230 g/mol. The average molecular weight is 238 g/mol. The van der Waals surface area contributed by atoms with Crippen LogP contribution in [0.25, 0.3) is 0 Å². The number of hydrogen-bond donors (Lipinski definition) is 1. The third-order valence-electron chi connectivity index (χ3n) is 1.70. The van der Waals surface area contributed by atoms with Crippen LogP contribution in [0.5, 0.6) is 0 Å². The van der Waals surface area contributed by atoms with Crippen LogP contribution in [0.1, 0.15) is 0 Å². The van der Waals surface area contributed by atoms with Crippen molar-refractivity contribution < 1.29 is 19.4 Å². The minimum atomic E-state index is -0.971. The van der Waals surface area contributed by atoms with E-state index in [9.17, 15) is 9.59 Å². The van der Waals surface area contributed by atoms with Gasteiger partial charge in [-0.1, -0.05) is 15.9 Å². The van der Waals surface area contributed by atoms with Gasteiger partial charge in [0.05, 0.1) is 20.2 Å². The van der Waals surface area contributed by atoms with Crippen LogP contribution in [0, 0.1) is 0 Å². The Morgan fingerprint density at radius 1 is 1.58 bits per heavy atom. The summed E-state index contributed by atoms with van der Waals surface area (Å²) in [4.78, 5) is 22.6. The van der Waals surface area contributed by atoms with E-state index in [1.165, 1.54) is 12.0 Å². The number of aliphatic carboxylic acids is 1. The highest BCUT2D eigenvalue weighted by Crippen LogP contribution is 2.30. The number of likely N-dealkylation sites (tertiary alicyclic amines) is 1. The highest BCUT2D eigenvalue weighted by molar-refractivity contribution is 9.10. The van der Waals surface area contributed by atoms with E-state index < -0.39 is 16.4 Å². The molecule has 0 saturated carbocycles. The standard InChI is InChI=1S/C6H8BrNO4/c1-12-5(11)8-2-6(7,3-8)4(9)10/h2-3H2,1H3,(H,9,10). The fourth-order valence-corrected chi connectivity index (χ4v) is 1.56. The summed E-state index contributed by atoms with van der Waals surface area (Å²) in [6, 6.07) is 0. The van der Waals surface area contributed by atoms with Crippen molar-refractivity contribution in [2.75, 3.05) is 20.2 Å². The minimum Gasteiger partial charge on any atom is -0.480 e. The maximum absolute atomic E-state index is 10.8. The first kappa shape index (κ1) is 9.31. The summed E-state index contributed by atoms with van der Waals surface area (Å²) in [6.45, 7) is 0.296. The zero-order chi connectivity index (χ0) is 9.35. The number of carbonyl (C=O) groups excluding carboxylic acids is 1. The van der Waals surface area contributed by atoms with Crippen molar-refractivity contribution in [2.45, 2.75) is 4.32 Å². The molecule has 1 heterocycles. The number of nitrogens with zero attached hydrogens (tertiary/aromatic N) is 1. The molecule has 0 bridgehead atoms. The topological polar surface area (TPSA) is 66.8 Å². The first-order valence-electron chi connectivity index (χ1n) is 3.25. The molecule has 1 rings (SSSR count). The van der Waals surface area contributed by atoms with E-state index in [0.717, 1.165) is 0 Å². The van der Waals surface area contributed by atoms with E-state index in [4.69, 9.17) is 5.11 Å². The maximum atomic E-state index is 10.8. The Morgan fingerprint density at radius 2 is 2.08 bits per heavy atom. The lowest BCUT2D eigenvalue weighted by Crippen LogP contribution is -2.63. The van der Waals surface area contributed by atoms with E-state index in [1.807, 2.05) is 0 Å². The molecular formula is C6H8BrNO4. The van der Waals surface area contributed by atoms with Gasteiger partial charge in [0.15, 0.2) is 4.32 Å². The Morgan fingerprint density at radius 3 is 2.42 bits per heavy atom. The summed E-state index contributed by atoms with van der Waals surface area (Å²) in [7, 11) is 1.26. The molecule has 68 valence electrons. The van der Waals surface area contributed by atoms with Crippen molar-refractivity contribution in [3.63, 3.8) is 0 Å². The van der Waals surface area contributed by atoms with Crippen molar-refractivity contribution in [2.24, 2.45) is 0 Å². The largest absolute Gasteiger partial charge is 0.480 e. The molecule has 1 fully saturated rings. The SMILES string of the molecule is COC(=O)N1CC(Br)(C(=O)O)C1. The molecule has 0 aromatic heterocycles. The molecule has 0 unspecified atom stereocenters. The van der Waals surface area contributed by atoms with Crippen molar-refractivity contribution in [1.29, 1.82) is 0 Å². The summed E-state index contributed by atoms with van der Waals surface area (Å²) in [5.41, 5.74) is 0. The van der Waals surface area contributed by atoms with Gasteiger partial charge in [-0.25, -0.2) is 4.79 Å². The predicted octanol–water partition coefficient (Wildman–Crippen LogP) is 0.287. The monoisotopic (exact) mass is 237 g/mol. The molecule has 1 amide bonds. The lowest BCUT2D eigenvalue weighted by atomic mass is 10.0. The third kappa shape index (κ3) is 1.38. The fraction of sp³-hybridized carbons (Fsp3) is 0.667. The van der Waals surface area contributed by atoms with Gasteiger partial charge in [0, 0.05) is 0 Å². The lowest BCUT2D eigenvalue weighted by molar-refractivity contribution is -0.143. The predicted molar refractivity (Wildman–Crippen MR) is 43.3 cm³/mol. The molecule has 0 aliphatic carbocycles. The Kier molecular flexibility index (Phi) is 2.27. The van der Waals surface area contributed by atoms with E-state index in [-0.39, 0.29) is 13.1 Å². The molecule has 0 aromatic carbocycles. The molecule has 5 nitrogen and oxygen atoms in total. The van der Waals surface area contributed by atoms with Gasteiger partial charge in [-0.15, -0.1) is 0 Å². The zero-order valence-corrected chi connectivity index (χ0v) is 8.00. The van der Waals surface area contributed by atoms with Gasteiger partial charge in [0.25, 0.3) is 0 Å². The van der Waals surface area contributed by atoms with E-state index in [0.29, 0.717) is 0 Å². The number of carboxylic acids is 1. The maximum Gasteiger partial charge on any atom is 0.409 e. The molecule has 0 radical (unpaired) electrons. The van der Waals surface area contributed by atoms with Crippen LogP contribution in [0.4, 0.5) is 4.79 Å². The molecule has 0 atom stereocenters. The second kappa shape index (κ2) is 2.93. The van der Waals surface area contributed by atoms with Gasteiger partial charge in [0.1, 0.15) is 0 Å². The Hall–Kier alpha value is -0.780. The number of hydrogen-bond acceptors (Lipinski definition) is 3. The Bertz CT molecular complexity index is 224. The Balaban J connectivity index is 2.47. The van der Waals surface area contributed by atoms with Crippen molar-refractivity contribution in [3.05, 3.63) is 0 Å². The Labute approximate surface area is 77.4 Å². The highest BCUT2D eigenvalue weighted by atomic mass is 79.9. The first-order chi connectivity index (χ1) is 5.49. The van der Waals surface area contributed by atoms with Crippen molar-refractivity contribution in [3.8, 4) is 0 Å². The van der Waals surface area contributed by atoms with Crippen LogP contribution in [0.15, 0.2) is 0 Å². The number of alkyl halides is 1. The summed E-state index contributed by atoms with van der Waals surface area (Å²) in [5, 5.41) is 8.64. The van der Waals surface area contributed by atoms with Crippen LogP contribution in [-0.4, -0.2) is 46.6 Å². The summed E-state index contributed by atoms with van der Waals surface area (Å²) in [6.07, 6.45) is -0.494. The van der Waals surface area contributed by atoms with Gasteiger partial charge in [-0.2, -0.15) is 0 Å². The number of ether oxygens (including phenoxy) is 1. The van der Waals surface area contributed by atoms with Gasteiger partial charge < -0.3 is 14.7 Å². The normalized spacial score (nSPS) is 19.7. The van der Waals surface area contributed by atoms with E-state index >= 15 is 0 Å². The van der Waals surface area contributed by atoms with Crippen LogP contribution in [0.2, 0.25) is 0 Å². The van der Waals surface area contributed by atoms with Gasteiger partial charge in [-0.05, 0) is 0 Å². The molecule has 1 saturated heterocycles. The van der Waals surface area contributed by atoms with E-state index in [1.54, 1.807) is 0 Å². The molecule has 12 heavy (non-hydrogen) atoms. The van der Waals surface area contributed by atoms with Crippen LogP contribution >= 0.6 is 15.9 Å². The second-order valence-corrected chi connectivity index (χ2v) is 4.11. The number of carbonyl (C=O) groups is 2. The van der Waals surface area contributed by atoms with Crippen LogP contribution < -0.4 is 0 Å². The number of carboxylic acid groups (broad SMARTS) is 1. The molecule has 6 heteroatoms. The van der Waals surface area contributed by atoms with Gasteiger partial charge >= 0.3 is 12.1 Å². The second-order valence-electron chi connectivity index (χ2n) is 2.60. The van der Waals surface area contributed by atoms with Gasteiger partial charge in [0.2, 0.25) is 0 Å². The molecule has 0 spiro atoms. The lowest BCUT2D eigenvalue weighted by Gasteiger charge is -2.41. The average Bonchev–Trinajstić information content (AvgIpc) is 1.96. The molecule has 1 aliphatic rings. The van der Waals surface area contributed by atoms with Crippen LogP contribution in [-0.2, 0) is 9.53 Å². The number of rotatable bonds is 1. The van der Waals surface area contributed by atoms with Gasteiger partial charge in [-0.3, -0.25) is 4.79 Å². The highest BCUT2D eigenvalue weighted by Gasteiger charge is 2.50. The fourth-order valence-electron chi connectivity index (χ4n) is 0.952. The number of methoxy groups -OCH3 is 1. The summed E-state index contributed by atoms with van der Waals surface area (Å²) < 4.78 is 3.43. The first-order valence-corrected chi connectivity index (χ1v) is 4.04. The quantitative estimate of drug-likeness (QED) is 0.666. The third-order valence-corrected chi connectivity index (χ3v) is 2.54. The minimum absolute atomic E-state index is 0.148. The number of amides is 1. The zero-order valence-electron chi connectivity index (χ0n) is 6.41. The van der Waals surface area contributed by atoms with Crippen molar-refractivity contribution >= 4 is 28.0 Å². The molecule has 1 aliphatic heterocycles.